The zero-order valence-corrected chi connectivity index (χ0v) is 14.9. The van der Waals surface area contributed by atoms with Crippen molar-refractivity contribution in [3.05, 3.63) is 76.0 Å². The number of hydrogen-bond donors (Lipinski definition) is 1. The molecule has 0 unspecified atom stereocenters. The number of pyridine rings is 1. The number of benzene rings is 1. The molecule has 0 spiro atoms. The molecule has 2 aromatic heterocycles. The summed E-state index contributed by atoms with van der Waals surface area (Å²) in [4.78, 5) is 22.1. The molecule has 2 heterocycles. The summed E-state index contributed by atoms with van der Waals surface area (Å²) in [6.45, 7) is 2.42. The highest BCUT2D eigenvalue weighted by Gasteiger charge is 2.12. The van der Waals surface area contributed by atoms with Crippen molar-refractivity contribution in [1.29, 1.82) is 0 Å². The Bertz CT molecular complexity index is 818. The van der Waals surface area contributed by atoms with Crippen LogP contribution in [0, 0.1) is 6.92 Å². The van der Waals surface area contributed by atoms with E-state index in [9.17, 15) is 4.79 Å². The Balaban J connectivity index is 1.65. The molecular weight excluding hydrogens is 338 g/mol. The first-order valence-electron chi connectivity index (χ1n) is 7.53. The maximum atomic E-state index is 12.5. The Hall–Kier alpha value is -2.18. The van der Waals surface area contributed by atoms with Gasteiger partial charge in [-0.15, -0.1) is 23.1 Å². The van der Waals surface area contributed by atoms with Crippen LogP contribution in [0.25, 0.3) is 0 Å². The second kappa shape index (κ2) is 8.08. The average Bonchev–Trinajstić information content (AvgIpc) is 3.04. The molecule has 0 aliphatic heterocycles. The smallest absolute Gasteiger partial charge is 0.252 e. The Morgan fingerprint density at radius 3 is 2.75 bits per heavy atom. The van der Waals surface area contributed by atoms with E-state index in [1.54, 1.807) is 29.3 Å². The number of amides is 1. The zero-order valence-electron chi connectivity index (χ0n) is 13.2. The minimum absolute atomic E-state index is 0.0850. The van der Waals surface area contributed by atoms with Crippen molar-refractivity contribution in [2.45, 2.75) is 24.1 Å². The molecule has 0 bridgehead atoms. The van der Waals surface area contributed by atoms with Crippen molar-refractivity contribution in [2.24, 2.45) is 0 Å². The van der Waals surface area contributed by atoms with E-state index in [0.717, 1.165) is 27.0 Å². The summed E-state index contributed by atoms with van der Waals surface area (Å²) in [6, 6.07) is 13.3. The highest BCUT2D eigenvalue weighted by Crippen LogP contribution is 2.26. The lowest BCUT2D eigenvalue weighted by atomic mass is 10.2. The van der Waals surface area contributed by atoms with Crippen LogP contribution in [0.5, 0.6) is 0 Å². The van der Waals surface area contributed by atoms with E-state index in [2.05, 4.69) is 20.7 Å². The Labute approximate surface area is 149 Å². The van der Waals surface area contributed by atoms with Crippen molar-refractivity contribution in [3.63, 3.8) is 0 Å². The van der Waals surface area contributed by atoms with E-state index >= 15 is 0 Å². The molecule has 1 amide bonds. The minimum atomic E-state index is -0.0850. The van der Waals surface area contributed by atoms with Crippen molar-refractivity contribution in [3.8, 4) is 0 Å². The van der Waals surface area contributed by atoms with Crippen LogP contribution in [0.3, 0.4) is 0 Å². The second-order valence-electron chi connectivity index (χ2n) is 5.15. The summed E-state index contributed by atoms with van der Waals surface area (Å²) in [5.74, 6) is 0.674. The van der Waals surface area contributed by atoms with Crippen molar-refractivity contribution >= 4 is 29.0 Å². The predicted molar refractivity (Wildman–Crippen MR) is 98.3 cm³/mol. The van der Waals surface area contributed by atoms with Crippen LogP contribution in [0.2, 0.25) is 0 Å². The maximum Gasteiger partial charge on any atom is 0.252 e. The normalized spacial score (nSPS) is 10.5. The minimum Gasteiger partial charge on any atom is -0.346 e. The number of carbonyl (C=O) groups is 1. The molecule has 6 heteroatoms. The van der Waals surface area contributed by atoms with Gasteiger partial charge in [-0.1, -0.05) is 18.2 Å². The van der Waals surface area contributed by atoms with Crippen LogP contribution in [0.1, 0.15) is 26.8 Å². The number of thioether (sulfide) groups is 1. The topological polar surface area (TPSA) is 54.9 Å². The summed E-state index contributed by atoms with van der Waals surface area (Å²) >= 11 is 3.28. The molecule has 24 heavy (non-hydrogen) atoms. The molecule has 0 saturated carbocycles. The summed E-state index contributed by atoms with van der Waals surface area (Å²) in [6.07, 6.45) is 1.72. The average molecular weight is 355 g/mol. The van der Waals surface area contributed by atoms with E-state index in [1.807, 2.05) is 49.4 Å². The first-order chi connectivity index (χ1) is 11.7. The quantitative estimate of drug-likeness (QED) is 0.677. The molecule has 1 N–H and O–H groups in total. The van der Waals surface area contributed by atoms with Gasteiger partial charge in [0.2, 0.25) is 0 Å². The van der Waals surface area contributed by atoms with Gasteiger partial charge >= 0.3 is 0 Å². The van der Waals surface area contributed by atoms with Gasteiger partial charge in [0.05, 0.1) is 28.5 Å². The fraction of sp³-hybridized carbons (Fsp3) is 0.167. The van der Waals surface area contributed by atoms with Gasteiger partial charge in [0.15, 0.2) is 0 Å². The molecule has 0 aliphatic carbocycles. The van der Waals surface area contributed by atoms with Crippen LogP contribution < -0.4 is 5.32 Å². The van der Waals surface area contributed by atoms with Crippen molar-refractivity contribution in [1.82, 2.24) is 15.3 Å². The number of nitrogens with one attached hydrogen (secondary N) is 1. The van der Waals surface area contributed by atoms with E-state index in [1.165, 1.54) is 0 Å². The second-order valence-corrected chi connectivity index (χ2v) is 7.23. The summed E-state index contributed by atoms with van der Waals surface area (Å²) in [5, 5.41) is 6.05. The Morgan fingerprint density at radius 2 is 2.00 bits per heavy atom. The SMILES string of the molecule is Cc1nc(CSc2ccccc2C(=O)NCc2ccccn2)cs1. The van der Waals surface area contributed by atoms with Crippen LogP contribution >= 0.6 is 23.1 Å². The molecule has 0 atom stereocenters. The van der Waals surface area contributed by atoms with Crippen LogP contribution in [-0.4, -0.2) is 15.9 Å². The fourth-order valence-corrected chi connectivity index (χ4v) is 3.84. The zero-order chi connectivity index (χ0) is 16.8. The number of aromatic nitrogens is 2. The van der Waals surface area contributed by atoms with Gasteiger partial charge < -0.3 is 5.32 Å². The van der Waals surface area contributed by atoms with E-state index in [-0.39, 0.29) is 5.91 Å². The molecule has 4 nitrogen and oxygen atoms in total. The predicted octanol–water partition coefficient (Wildman–Crippen LogP) is 4.07. The van der Waals surface area contributed by atoms with E-state index < -0.39 is 0 Å². The third-order valence-electron chi connectivity index (χ3n) is 3.33. The van der Waals surface area contributed by atoms with Gasteiger partial charge in [0, 0.05) is 22.2 Å². The summed E-state index contributed by atoms with van der Waals surface area (Å²) in [7, 11) is 0. The largest absolute Gasteiger partial charge is 0.346 e. The lowest BCUT2D eigenvalue weighted by Gasteiger charge is -2.09. The van der Waals surface area contributed by atoms with Gasteiger partial charge in [-0.2, -0.15) is 0 Å². The number of aryl methyl sites for hydroxylation is 1. The molecule has 3 rings (SSSR count). The number of thiazole rings is 1. The lowest BCUT2D eigenvalue weighted by molar-refractivity contribution is 0.0947. The number of hydrogen-bond acceptors (Lipinski definition) is 5. The third kappa shape index (κ3) is 4.43. The molecule has 0 saturated heterocycles. The van der Waals surface area contributed by atoms with E-state index in [0.29, 0.717) is 12.1 Å². The Morgan fingerprint density at radius 1 is 1.17 bits per heavy atom. The highest BCUT2D eigenvalue weighted by atomic mass is 32.2. The third-order valence-corrected chi connectivity index (χ3v) is 5.26. The van der Waals surface area contributed by atoms with Gasteiger partial charge in [0.25, 0.3) is 5.91 Å². The summed E-state index contributed by atoms with van der Waals surface area (Å²) in [5.41, 5.74) is 2.57. The van der Waals surface area contributed by atoms with E-state index in [4.69, 9.17) is 0 Å². The summed E-state index contributed by atoms with van der Waals surface area (Å²) < 4.78 is 0. The van der Waals surface area contributed by atoms with Crippen molar-refractivity contribution < 1.29 is 4.79 Å². The Kier molecular flexibility index (Phi) is 5.61. The first-order valence-corrected chi connectivity index (χ1v) is 9.40. The molecule has 0 aliphatic rings. The molecule has 122 valence electrons. The number of nitrogens with zero attached hydrogens (tertiary/aromatic N) is 2. The van der Waals surface area contributed by atoms with Crippen molar-refractivity contribution in [2.75, 3.05) is 0 Å². The van der Waals surface area contributed by atoms with Gasteiger partial charge in [0.1, 0.15) is 0 Å². The fourth-order valence-electron chi connectivity index (χ4n) is 2.18. The van der Waals surface area contributed by atoms with Crippen LogP contribution in [0.15, 0.2) is 58.9 Å². The maximum absolute atomic E-state index is 12.5. The molecule has 1 aromatic carbocycles. The monoisotopic (exact) mass is 355 g/mol. The van der Waals surface area contributed by atoms with Crippen LogP contribution in [0.4, 0.5) is 0 Å². The standard InChI is InChI=1S/C18H17N3OS2/c1-13-21-15(11-23-13)12-24-17-8-3-2-7-16(17)18(22)20-10-14-6-4-5-9-19-14/h2-9,11H,10,12H2,1H3,(H,20,22). The van der Waals surface area contributed by atoms with Gasteiger partial charge in [-0.3, -0.25) is 9.78 Å². The molecular formula is C18H17N3OS2. The molecule has 0 fully saturated rings. The van der Waals surface area contributed by atoms with Gasteiger partial charge in [-0.25, -0.2) is 4.98 Å². The van der Waals surface area contributed by atoms with Crippen LogP contribution in [-0.2, 0) is 12.3 Å². The van der Waals surface area contributed by atoms with Gasteiger partial charge in [-0.05, 0) is 31.2 Å². The first kappa shape index (κ1) is 16.7. The number of rotatable bonds is 6. The molecule has 3 aromatic rings. The lowest BCUT2D eigenvalue weighted by Crippen LogP contribution is -2.23. The highest BCUT2D eigenvalue weighted by molar-refractivity contribution is 7.98. The molecule has 0 radical (unpaired) electrons. The number of carbonyl (C=O) groups excluding carboxylic acids is 1.